The summed E-state index contributed by atoms with van der Waals surface area (Å²) in [6.45, 7) is 8.50. The highest BCUT2D eigenvalue weighted by Crippen LogP contribution is 2.33. The summed E-state index contributed by atoms with van der Waals surface area (Å²) in [7, 11) is 0. The molecule has 7 nitrogen and oxygen atoms in total. The van der Waals surface area contributed by atoms with E-state index in [1.165, 1.54) is 0 Å². The summed E-state index contributed by atoms with van der Waals surface area (Å²) in [5.41, 5.74) is 1.07. The van der Waals surface area contributed by atoms with Crippen molar-refractivity contribution in [3.63, 3.8) is 0 Å². The molecule has 1 heterocycles. The molecule has 4 amide bonds. The second kappa shape index (κ2) is 9.09. The Morgan fingerprint density at radius 1 is 1.16 bits per heavy atom. The van der Waals surface area contributed by atoms with Crippen LogP contribution in [0.25, 0.3) is 0 Å². The largest absolute Gasteiger partial charge is 0.369 e. The molecule has 2 aromatic carbocycles. The molecular weight excluding hydrogens is 460 g/mol. The monoisotopic (exact) mass is 486 g/mol. The van der Waals surface area contributed by atoms with Crippen molar-refractivity contribution < 1.29 is 14.4 Å². The van der Waals surface area contributed by atoms with Crippen molar-refractivity contribution in [1.82, 2.24) is 10.2 Å². The molecule has 8 heteroatoms. The van der Waals surface area contributed by atoms with Gasteiger partial charge in [0.05, 0.1) is 0 Å². The maximum absolute atomic E-state index is 13.0. The lowest BCUT2D eigenvalue weighted by Gasteiger charge is -2.27. The summed E-state index contributed by atoms with van der Waals surface area (Å²) in [5, 5.41) is 5.48. The van der Waals surface area contributed by atoms with Gasteiger partial charge in [-0.2, -0.15) is 0 Å². The minimum atomic E-state index is -1.24. The molecule has 0 aromatic heterocycles. The zero-order chi connectivity index (χ0) is 22.8. The number of imide groups is 1. The lowest BCUT2D eigenvalue weighted by atomic mass is 9.92. The van der Waals surface area contributed by atoms with Gasteiger partial charge in [-0.3, -0.25) is 14.5 Å². The van der Waals surface area contributed by atoms with E-state index in [0.29, 0.717) is 21.8 Å². The van der Waals surface area contributed by atoms with Gasteiger partial charge in [0.25, 0.3) is 5.91 Å². The predicted molar refractivity (Wildman–Crippen MR) is 125 cm³/mol. The van der Waals surface area contributed by atoms with Crippen molar-refractivity contribution in [2.24, 2.45) is 0 Å². The summed E-state index contributed by atoms with van der Waals surface area (Å²) in [6.07, 6.45) is 0. The first-order valence-corrected chi connectivity index (χ1v) is 11.0. The number of rotatable bonds is 7. The van der Waals surface area contributed by atoms with Crippen molar-refractivity contribution in [3.8, 4) is 0 Å². The van der Waals surface area contributed by atoms with Gasteiger partial charge in [0.15, 0.2) is 0 Å². The third-order valence-electron chi connectivity index (χ3n) is 5.44. The van der Waals surface area contributed by atoms with Crippen LogP contribution in [-0.4, -0.2) is 41.9 Å². The molecule has 3 rings (SSSR count). The van der Waals surface area contributed by atoms with Gasteiger partial charge in [-0.1, -0.05) is 34.1 Å². The molecule has 0 saturated carbocycles. The van der Waals surface area contributed by atoms with E-state index in [1.807, 2.05) is 30.3 Å². The second-order valence-electron chi connectivity index (χ2n) is 7.90. The summed E-state index contributed by atoms with van der Waals surface area (Å²) < 4.78 is 0.708. The number of carbonyl (C=O) groups is 3. The Balaban J connectivity index is 1.69. The van der Waals surface area contributed by atoms with E-state index < -0.39 is 23.4 Å². The lowest BCUT2D eigenvalue weighted by Crippen LogP contribution is -2.42. The van der Waals surface area contributed by atoms with E-state index >= 15 is 0 Å². The van der Waals surface area contributed by atoms with Gasteiger partial charge in [0.2, 0.25) is 5.91 Å². The first-order valence-electron chi connectivity index (χ1n) is 10.2. The molecule has 1 fully saturated rings. The smallest absolute Gasteiger partial charge is 0.325 e. The second-order valence-corrected chi connectivity index (χ2v) is 8.76. The molecule has 1 aliphatic rings. The van der Waals surface area contributed by atoms with Crippen molar-refractivity contribution >= 4 is 45.2 Å². The molecule has 31 heavy (non-hydrogen) atoms. The molecule has 1 saturated heterocycles. The van der Waals surface area contributed by atoms with E-state index in [9.17, 15) is 14.4 Å². The van der Waals surface area contributed by atoms with Gasteiger partial charge in [-0.15, -0.1) is 0 Å². The number of hydrogen-bond donors (Lipinski definition) is 2. The van der Waals surface area contributed by atoms with Gasteiger partial charge in [0, 0.05) is 34.0 Å². The maximum Gasteiger partial charge on any atom is 0.325 e. The van der Waals surface area contributed by atoms with E-state index in [2.05, 4.69) is 52.2 Å². The van der Waals surface area contributed by atoms with Crippen LogP contribution in [-0.2, 0) is 15.1 Å². The van der Waals surface area contributed by atoms with E-state index in [-0.39, 0.29) is 6.54 Å². The summed E-state index contributed by atoms with van der Waals surface area (Å²) in [5.74, 6) is -0.908. The summed E-state index contributed by atoms with van der Waals surface area (Å²) in [4.78, 5) is 41.2. The topological polar surface area (TPSA) is 81.8 Å². The number of hydrogen-bond acceptors (Lipinski definition) is 4. The lowest BCUT2D eigenvalue weighted by molar-refractivity contribution is -0.133. The van der Waals surface area contributed by atoms with E-state index in [0.717, 1.165) is 17.1 Å². The Kier molecular flexibility index (Phi) is 6.69. The zero-order valence-corrected chi connectivity index (χ0v) is 19.7. The Hall–Kier alpha value is -2.87. The number of benzene rings is 2. The van der Waals surface area contributed by atoms with Crippen molar-refractivity contribution in [2.75, 3.05) is 23.3 Å². The number of carbonyl (C=O) groups excluding carboxylic acids is 3. The first-order chi connectivity index (χ1) is 14.7. The molecule has 1 aliphatic heterocycles. The fourth-order valence-electron chi connectivity index (χ4n) is 3.82. The van der Waals surface area contributed by atoms with Crippen LogP contribution in [0.3, 0.4) is 0 Å². The SMILES string of the molecule is CCN(c1ccc(NC(=O)CN2C(=O)NC(C)(c3ccccc3Br)C2=O)cc1)C(C)C. The van der Waals surface area contributed by atoms with Gasteiger partial charge >= 0.3 is 6.03 Å². The molecule has 2 N–H and O–H groups in total. The third-order valence-corrected chi connectivity index (χ3v) is 6.13. The highest BCUT2D eigenvalue weighted by molar-refractivity contribution is 9.10. The minimum Gasteiger partial charge on any atom is -0.369 e. The number of anilines is 2. The highest BCUT2D eigenvalue weighted by Gasteiger charge is 2.50. The molecule has 164 valence electrons. The average Bonchev–Trinajstić information content (AvgIpc) is 2.93. The van der Waals surface area contributed by atoms with Crippen LogP contribution in [0.1, 0.15) is 33.3 Å². The Labute approximate surface area is 190 Å². The standard InChI is InChI=1S/C23H27BrN4O3/c1-5-27(15(2)3)17-12-10-16(11-13-17)25-20(29)14-28-21(30)23(4,26-22(28)31)18-8-6-7-9-19(18)24/h6-13,15H,5,14H2,1-4H3,(H,25,29)(H,26,31). The van der Waals surface area contributed by atoms with Gasteiger partial charge in [-0.25, -0.2) is 4.79 Å². The van der Waals surface area contributed by atoms with Crippen LogP contribution in [0, 0.1) is 0 Å². The van der Waals surface area contributed by atoms with E-state index in [4.69, 9.17) is 0 Å². The Bertz CT molecular complexity index is 993. The summed E-state index contributed by atoms with van der Waals surface area (Å²) in [6, 6.07) is 14.5. The van der Waals surface area contributed by atoms with Gasteiger partial charge < -0.3 is 15.5 Å². The number of nitrogens with zero attached hydrogens (tertiary/aromatic N) is 2. The number of halogens is 1. The Morgan fingerprint density at radius 2 is 1.81 bits per heavy atom. The highest BCUT2D eigenvalue weighted by atomic mass is 79.9. The third kappa shape index (κ3) is 4.58. The molecule has 0 bridgehead atoms. The molecular formula is C23H27BrN4O3. The number of amides is 4. The van der Waals surface area contributed by atoms with E-state index in [1.54, 1.807) is 25.1 Å². The van der Waals surface area contributed by atoms with Gasteiger partial charge in [-0.05, 0) is 58.0 Å². The maximum atomic E-state index is 13.0. The normalized spacial score (nSPS) is 18.3. The molecule has 0 aliphatic carbocycles. The molecule has 0 radical (unpaired) electrons. The van der Waals surface area contributed by atoms with Gasteiger partial charge in [0.1, 0.15) is 12.1 Å². The minimum absolute atomic E-state index is 0.362. The zero-order valence-electron chi connectivity index (χ0n) is 18.1. The van der Waals surface area contributed by atoms with Crippen LogP contribution in [0.4, 0.5) is 16.2 Å². The summed E-state index contributed by atoms with van der Waals surface area (Å²) >= 11 is 3.43. The van der Waals surface area contributed by atoms with Crippen LogP contribution in [0.5, 0.6) is 0 Å². The van der Waals surface area contributed by atoms with Crippen LogP contribution < -0.4 is 15.5 Å². The fraction of sp³-hybridized carbons (Fsp3) is 0.348. The predicted octanol–water partition coefficient (Wildman–Crippen LogP) is 4.09. The quantitative estimate of drug-likeness (QED) is 0.577. The Morgan fingerprint density at radius 3 is 2.39 bits per heavy atom. The fourth-order valence-corrected chi connectivity index (χ4v) is 4.50. The number of urea groups is 1. The molecule has 0 spiro atoms. The van der Waals surface area contributed by atoms with Crippen molar-refractivity contribution in [3.05, 3.63) is 58.6 Å². The molecule has 1 unspecified atom stereocenters. The van der Waals surface area contributed by atoms with Crippen LogP contribution in [0.15, 0.2) is 53.0 Å². The van der Waals surface area contributed by atoms with Crippen molar-refractivity contribution in [2.45, 2.75) is 39.3 Å². The van der Waals surface area contributed by atoms with Crippen LogP contribution in [0.2, 0.25) is 0 Å². The number of nitrogens with one attached hydrogen (secondary N) is 2. The average molecular weight is 487 g/mol. The van der Waals surface area contributed by atoms with Crippen molar-refractivity contribution in [1.29, 1.82) is 0 Å². The molecule has 1 atom stereocenters. The molecule has 2 aromatic rings. The van der Waals surface area contributed by atoms with Crippen LogP contribution >= 0.6 is 15.9 Å². The first kappa shape index (κ1) is 22.8.